The number of benzene rings is 1. The molecule has 0 heterocycles. The second-order valence-corrected chi connectivity index (χ2v) is 2.02. The zero-order valence-corrected chi connectivity index (χ0v) is 6.34. The summed E-state index contributed by atoms with van der Waals surface area (Å²) < 4.78 is 25.0. The van der Waals surface area contributed by atoms with Gasteiger partial charge >= 0.3 is 0 Å². The molecule has 0 aliphatic carbocycles. The molecule has 0 saturated carbocycles. The molecule has 2 nitrogen and oxygen atoms in total. The van der Waals surface area contributed by atoms with Crippen molar-refractivity contribution in [1.82, 2.24) is 0 Å². The fourth-order valence-corrected chi connectivity index (χ4v) is 0.700. The van der Waals surface area contributed by atoms with Crippen LogP contribution in [0.15, 0.2) is 17.3 Å². The van der Waals surface area contributed by atoms with Crippen molar-refractivity contribution >= 4 is 6.21 Å². The normalized spacial score (nSPS) is 10.6. The molecule has 0 spiro atoms. The summed E-state index contributed by atoms with van der Waals surface area (Å²) in [6.07, 6.45) is 1.17. The summed E-state index contributed by atoms with van der Waals surface area (Å²) in [5.41, 5.74) is 0.203. The van der Waals surface area contributed by atoms with E-state index in [1.165, 1.54) is 13.3 Å². The molecule has 1 aromatic carbocycles. The molecule has 1 rings (SSSR count). The van der Waals surface area contributed by atoms with Crippen LogP contribution in [-0.2, 0) is 4.84 Å². The van der Waals surface area contributed by atoms with Gasteiger partial charge in [0.2, 0.25) is 0 Å². The van der Waals surface area contributed by atoms with Crippen molar-refractivity contribution in [3.63, 3.8) is 0 Å². The van der Waals surface area contributed by atoms with Crippen LogP contribution in [0.4, 0.5) is 8.78 Å². The van der Waals surface area contributed by atoms with Gasteiger partial charge in [-0.2, -0.15) is 0 Å². The van der Waals surface area contributed by atoms with Crippen molar-refractivity contribution in [3.05, 3.63) is 35.4 Å². The Hall–Kier alpha value is -1.45. The summed E-state index contributed by atoms with van der Waals surface area (Å²) in [5, 5.41) is 3.33. The summed E-state index contributed by atoms with van der Waals surface area (Å²) in [6, 6.07) is 4.09. The van der Waals surface area contributed by atoms with E-state index in [0.29, 0.717) is 0 Å². The Balaban J connectivity index is 2.93. The predicted octanol–water partition coefficient (Wildman–Crippen LogP) is 1.75. The quantitative estimate of drug-likeness (QED) is 0.489. The Morgan fingerprint density at radius 2 is 2.25 bits per heavy atom. The number of hydrogen-bond donors (Lipinski definition) is 0. The van der Waals surface area contributed by atoms with E-state index in [0.717, 1.165) is 12.1 Å². The van der Waals surface area contributed by atoms with E-state index >= 15 is 0 Å². The Morgan fingerprint density at radius 1 is 1.50 bits per heavy atom. The Labute approximate surface area is 68.5 Å². The molecule has 4 heteroatoms. The topological polar surface area (TPSA) is 21.6 Å². The van der Waals surface area contributed by atoms with Gasteiger partial charge in [-0.25, -0.2) is 8.78 Å². The van der Waals surface area contributed by atoms with Crippen molar-refractivity contribution < 1.29 is 13.6 Å². The van der Waals surface area contributed by atoms with E-state index in [9.17, 15) is 8.78 Å². The lowest BCUT2D eigenvalue weighted by atomic mass is 10.2. The molecular weight excluding hydrogens is 164 g/mol. The maximum atomic E-state index is 12.5. The van der Waals surface area contributed by atoms with Crippen LogP contribution in [0.25, 0.3) is 0 Å². The van der Waals surface area contributed by atoms with Crippen LogP contribution in [0.2, 0.25) is 0 Å². The third-order valence-corrected chi connectivity index (χ3v) is 1.12. The van der Waals surface area contributed by atoms with E-state index in [2.05, 4.69) is 16.1 Å². The second kappa shape index (κ2) is 3.80. The zero-order valence-electron chi connectivity index (χ0n) is 6.34. The molecule has 0 aliphatic rings. The molecule has 0 saturated heterocycles. The molecule has 12 heavy (non-hydrogen) atoms. The lowest BCUT2D eigenvalue weighted by Gasteiger charge is -1.92. The third kappa shape index (κ3) is 2.30. The fourth-order valence-electron chi connectivity index (χ4n) is 0.700. The van der Waals surface area contributed by atoms with Crippen molar-refractivity contribution in [2.24, 2.45) is 5.16 Å². The Morgan fingerprint density at radius 3 is 2.83 bits per heavy atom. The van der Waals surface area contributed by atoms with E-state index in [1.807, 2.05) is 0 Å². The van der Waals surface area contributed by atoms with Crippen LogP contribution >= 0.6 is 0 Å². The molecule has 0 N–H and O–H groups in total. The van der Waals surface area contributed by atoms with Gasteiger partial charge < -0.3 is 4.84 Å². The smallest absolute Gasteiger partial charge is 0.134 e. The minimum atomic E-state index is -0.757. The Bertz CT molecular complexity index is 279. The average molecular weight is 170 g/mol. The maximum Gasteiger partial charge on any atom is 0.134 e. The van der Waals surface area contributed by atoms with Crippen LogP contribution in [0.5, 0.6) is 0 Å². The highest BCUT2D eigenvalue weighted by Gasteiger charge is 1.98. The molecule has 0 aromatic heterocycles. The maximum absolute atomic E-state index is 12.5. The summed E-state index contributed by atoms with van der Waals surface area (Å²) in [5.74, 6) is -1.42. The van der Waals surface area contributed by atoms with Crippen LogP contribution in [0.3, 0.4) is 0 Å². The molecule has 0 unspecified atom stereocenters. The summed E-state index contributed by atoms with van der Waals surface area (Å²) in [4.78, 5) is 4.33. The molecule has 0 amide bonds. The number of halogens is 2. The lowest BCUT2D eigenvalue weighted by Crippen LogP contribution is -1.87. The first-order valence-electron chi connectivity index (χ1n) is 3.17. The van der Waals surface area contributed by atoms with Gasteiger partial charge in [0.15, 0.2) is 0 Å². The van der Waals surface area contributed by atoms with Gasteiger partial charge in [0, 0.05) is 17.7 Å². The number of hydrogen-bond acceptors (Lipinski definition) is 2. The SMILES string of the molecule is CON=Cc1[c]c(F)cc(F)c1. The van der Waals surface area contributed by atoms with Gasteiger partial charge in [0.05, 0.1) is 6.21 Å². The second-order valence-electron chi connectivity index (χ2n) is 2.02. The molecule has 1 aromatic rings. The minimum Gasteiger partial charge on any atom is -0.399 e. The van der Waals surface area contributed by atoms with Gasteiger partial charge in [-0.05, 0) is 6.07 Å². The van der Waals surface area contributed by atoms with Crippen LogP contribution in [0, 0.1) is 17.7 Å². The monoisotopic (exact) mass is 170 g/mol. The van der Waals surface area contributed by atoms with Crippen LogP contribution < -0.4 is 0 Å². The van der Waals surface area contributed by atoms with Crippen molar-refractivity contribution in [3.8, 4) is 0 Å². The molecule has 0 atom stereocenters. The van der Waals surface area contributed by atoms with Gasteiger partial charge in [-0.3, -0.25) is 0 Å². The largest absolute Gasteiger partial charge is 0.399 e. The lowest BCUT2D eigenvalue weighted by molar-refractivity contribution is 0.215. The molecule has 0 aliphatic heterocycles. The molecule has 63 valence electrons. The molecule has 0 fully saturated rings. The van der Waals surface area contributed by atoms with Crippen molar-refractivity contribution in [2.45, 2.75) is 0 Å². The number of oxime groups is 1. The highest BCUT2D eigenvalue weighted by atomic mass is 19.1. The van der Waals surface area contributed by atoms with Gasteiger partial charge in [0.1, 0.15) is 18.7 Å². The minimum absolute atomic E-state index is 0.203. The highest BCUT2D eigenvalue weighted by Crippen LogP contribution is 2.04. The van der Waals surface area contributed by atoms with Gasteiger partial charge in [-0.1, -0.05) is 5.16 Å². The van der Waals surface area contributed by atoms with E-state index < -0.39 is 11.6 Å². The van der Waals surface area contributed by atoms with Crippen molar-refractivity contribution in [2.75, 3.05) is 7.11 Å². The van der Waals surface area contributed by atoms with Crippen molar-refractivity contribution in [1.29, 1.82) is 0 Å². The zero-order chi connectivity index (χ0) is 8.97. The molecule has 1 radical (unpaired) electrons. The fraction of sp³-hybridized carbons (Fsp3) is 0.125. The van der Waals surface area contributed by atoms with Gasteiger partial charge in [-0.15, -0.1) is 0 Å². The molecule has 0 bridgehead atoms. The first kappa shape index (κ1) is 8.64. The van der Waals surface area contributed by atoms with E-state index in [-0.39, 0.29) is 5.56 Å². The van der Waals surface area contributed by atoms with Crippen LogP contribution in [0.1, 0.15) is 5.56 Å². The first-order valence-corrected chi connectivity index (χ1v) is 3.17. The third-order valence-electron chi connectivity index (χ3n) is 1.12. The standard InChI is InChI=1S/C8H6F2NO/c1-12-11-5-6-2-7(9)4-8(10)3-6/h2,4-5H,1H3. The predicted molar refractivity (Wildman–Crippen MR) is 39.8 cm³/mol. The Kier molecular flexibility index (Phi) is 2.74. The first-order chi connectivity index (χ1) is 5.72. The average Bonchev–Trinajstić information content (AvgIpc) is 1.99. The van der Waals surface area contributed by atoms with E-state index in [1.54, 1.807) is 0 Å². The number of rotatable bonds is 2. The number of nitrogens with zero attached hydrogens (tertiary/aromatic N) is 1. The van der Waals surface area contributed by atoms with E-state index in [4.69, 9.17) is 0 Å². The highest BCUT2D eigenvalue weighted by molar-refractivity contribution is 5.78. The molecular formula is C8H6F2NO. The van der Waals surface area contributed by atoms with Gasteiger partial charge in [0.25, 0.3) is 0 Å². The summed E-state index contributed by atoms with van der Waals surface area (Å²) in [7, 11) is 1.34. The summed E-state index contributed by atoms with van der Waals surface area (Å²) >= 11 is 0. The summed E-state index contributed by atoms with van der Waals surface area (Å²) in [6.45, 7) is 0. The van der Waals surface area contributed by atoms with Crippen LogP contribution in [-0.4, -0.2) is 13.3 Å².